The molecule has 1 aromatic rings. The second kappa shape index (κ2) is 7.58. The molecule has 1 aromatic carbocycles. The molecule has 0 aliphatic rings. The van der Waals surface area contributed by atoms with Gasteiger partial charge in [-0.15, -0.1) is 11.8 Å². The van der Waals surface area contributed by atoms with E-state index in [1.807, 2.05) is 30.5 Å². The Bertz CT molecular complexity index is 469. The predicted octanol–water partition coefficient (Wildman–Crippen LogP) is 1.38. The summed E-state index contributed by atoms with van der Waals surface area (Å²) in [6.45, 7) is 3.56. The number of thioether (sulfide) groups is 1. The number of nitrogens with zero attached hydrogens (tertiary/aromatic N) is 1. The second-order valence-corrected chi connectivity index (χ2v) is 4.98. The maximum atomic E-state index is 11.3. The van der Waals surface area contributed by atoms with Gasteiger partial charge in [0, 0.05) is 10.9 Å². The maximum absolute atomic E-state index is 11.3. The van der Waals surface area contributed by atoms with Gasteiger partial charge in [0.15, 0.2) is 0 Å². The predicted molar refractivity (Wildman–Crippen MR) is 77.2 cm³/mol. The average molecular weight is 279 g/mol. The van der Waals surface area contributed by atoms with E-state index in [2.05, 4.69) is 15.8 Å². The van der Waals surface area contributed by atoms with Gasteiger partial charge in [-0.25, -0.2) is 5.43 Å². The lowest BCUT2D eigenvalue weighted by Crippen LogP contribution is -2.41. The maximum Gasteiger partial charge on any atom is 0.329 e. The summed E-state index contributed by atoms with van der Waals surface area (Å²) in [5, 5.41) is 6.21. The minimum Gasteiger partial charge on any atom is -0.346 e. The highest BCUT2D eigenvalue weighted by Crippen LogP contribution is 2.13. The summed E-state index contributed by atoms with van der Waals surface area (Å²) in [4.78, 5) is 23.8. The number of hydrogen-bond acceptors (Lipinski definition) is 4. The van der Waals surface area contributed by atoms with Gasteiger partial charge >= 0.3 is 11.8 Å². The van der Waals surface area contributed by atoms with Gasteiger partial charge in [0.1, 0.15) is 0 Å². The molecule has 2 amide bonds. The van der Waals surface area contributed by atoms with E-state index in [0.29, 0.717) is 0 Å². The van der Waals surface area contributed by atoms with Gasteiger partial charge in [-0.2, -0.15) is 5.10 Å². The van der Waals surface area contributed by atoms with Crippen LogP contribution in [-0.4, -0.2) is 30.3 Å². The molecule has 0 bridgehead atoms. The number of rotatable bonds is 4. The molecule has 0 aromatic heterocycles. The van der Waals surface area contributed by atoms with Gasteiger partial charge in [0.25, 0.3) is 0 Å². The van der Waals surface area contributed by atoms with Gasteiger partial charge in [-0.1, -0.05) is 12.1 Å². The number of carbonyl (C=O) groups is 2. The molecule has 0 radical (unpaired) electrons. The van der Waals surface area contributed by atoms with Crippen molar-refractivity contribution in [1.29, 1.82) is 0 Å². The molecule has 19 heavy (non-hydrogen) atoms. The third-order valence-electron chi connectivity index (χ3n) is 2.12. The Hall–Kier alpha value is -1.82. The van der Waals surface area contributed by atoms with Crippen LogP contribution in [0, 0.1) is 0 Å². The zero-order chi connectivity index (χ0) is 14.3. The van der Waals surface area contributed by atoms with Crippen LogP contribution >= 0.6 is 11.8 Å². The highest BCUT2D eigenvalue weighted by Gasteiger charge is 2.12. The minimum atomic E-state index is -0.773. The molecular weight excluding hydrogens is 262 g/mol. The highest BCUT2D eigenvalue weighted by molar-refractivity contribution is 7.98. The van der Waals surface area contributed by atoms with Gasteiger partial charge in [-0.05, 0) is 37.8 Å². The summed E-state index contributed by atoms with van der Waals surface area (Å²) in [6.07, 6.45) is 3.49. The molecule has 1 rings (SSSR count). The first-order chi connectivity index (χ1) is 9.02. The Labute approximate surface area is 116 Å². The number of nitrogens with one attached hydrogen (secondary N) is 2. The number of carbonyl (C=O) groups excluding carboxylic acids is 2. The van der Waals surface area contributed by atoms with Crippen LogP contribution in [0.3, 0.4) is 0 Å². The average Bonchev–Trinajstić information content (AvgIpc) is 2.38. The van der Waals surface area contributed by atoms with Crippen LogP contribution in [-0.2, 0) is 9.59 Å². The molecule has 0 aliphatic heterocycles. The van der Waals surface area contributed by atoms with Crippen molar-refractivity contribution in [3.05, 3.63) is 29.8 Å². The number of amides is 2. The number of benzene rings is 1. The molecule has 0 saturated heterocycles. The van der Waals surface area contributed by atoms with Gasteiger partial charge < -0.3 is 5.32 Å². The van der Waals surface area contributed by atoms with Crippen molar-refractivity contribution in [3.8, 4) is 0 Å². The van der Waals surface area contributed by atoms with Crippen molar-refractivity contribution in [3.63, 3.8) is 0 Å². The van der Waals surface area contributed by atoms with Gasteiger partial charge in [-0.3, -0.25) is 9.59 Å². The molecule has 2 N–H and O–H groups in total. The van der Waals surface area contributed by atoms with E-state index < -0.39 is 11.8 Å². The second-order valence-electron chi connectivity index (χ2n) is 4.10. The quantitative estimate of drug-likeness (QED) is 0.378. The standard InChI is InChI=1S/C13H17N3O2S/c1-9(2)15-12(17)13(18)16-14-8-10-4-6-11(19-3)7-5-10/h4-9H,1-3H3,(H,15,17)(H,16,18)/b14-8+. The van der Waals surface area contributed by atoms with Crippen LogP contribution in [0.15, 0.2) is 34.3 Å². The number of hydrogen-bond donors (Lipinski definition) is 2. The third-order valence-corrected chi connectivity index (χ3v) is 2.87. The van der Waals surface area contributed by atoms with Crippen LogP contribution < -0.4 is 10.7 Å². The van der Waals surface area contributed by atoms with E-state index in [1.165, 1.54) is 6.21 Å². The molecule has 0 heterocycles. The van der Waals surface area contributed by atoms with E-state index in [9.17, 15) is 9.59 Å². The fraction of sp³-hybridized carbons (Fsp3) is 0.308. The van der Waals surface area contributed by atoms with Crippen molar-refractivity contribution in [2.45, 2.75) is 24.8 Å². The van der Waals surface area contributed by atoms with Crippen LogP contribution in [0.1, 0.15) is 19.4 Å². The Kier molecular flexibility index (Phi) is 6.08. The van der Waals surface area contributed by atoms with Gasteiger partial charge in [0.05, 0.1) is 6.21 Å². The van der Waals surface area contributed by atoms with E-state index in [-0.39, 0.29) is 6.04 Å². The zero-order valence-electron chi connectivity index (χ0n) is 11.1. The minimum absolute atomic E-state index is 0.0821. The molecular formula is C13H17N3O2S. The number of hydrazone groups is 1. The molecule has 0 saturated carbocycles. The molecule has 0 spiro atoms. The Morgan fingerprint density at radius 1 is 1.21 bits per heavy atom. The van der Waals surface area contributed by atoms with Gasteiger partial charge in [0.2, 0.25) is 0 Å². The summed E-state index contributed by atoms with van der Waals surface area (Å²) < 4.78 is 0. The molecule has 0 fully saturated rings. The lowest BCUT2D eigenvalue weighted by atomic mass is 10.2. The topological polar surface area (TPSA) is 70.6 Å². The van der Waals surface area contributed by atoms with Crippen molar-refractivity contribution in [2.75, 3.05) is 6.26 Å². The summed E-state index contributed by atoms with van der Waals surface area (Å²) in [6, 6.07) is 7.60. The van der Waals surface area contributed by atoms with Crippen molar-refractivity contribution in [2.24, 2.45) is 5.10 Å². The Balaban J connectivity index is 2.48. The smallest absolute Gasteiger partial charge is 0.329 e. The largest absolute Gasteiger partial charge is 0.346 e. The molecule has 5 nitrogen and oxygen atoms in total. The Morgan fingerprint density at radius 3 is 2.37 bits per heavy atom. The van der Waals surface area contributed by atoms with Crippen molar-refractivity contribution < 1.29 is 9.59 Å². The lowest BCUT2D eigenvalue weighted by Gasteiger charge is -2.05. The summed E-state index contributed by atoms with van der Waals surface area (Å²) in [7, 11) is 0. The van der Waals surface area contributed by atoms with E-state index in [4.69, 9.17) is 0 Å². The van der Waals surface area contributed by atoms with Crippen LogP contribution in [0.5, 0.6) is 0 Å². The van der Waals surface area contributed by atoms with E-state index >= 15 is 0 Å². The van der Waals surface area contributed by atoms with E-state index in [0.717, 1.165) is 10.5 Å². The highest BCUT2D eigenvalue weighted by atomic mass is 32.2. The first kappa shape index (κ1) is 15.2. The monoisotopic (exact) mass is 279 g/mol. The zero-order valence-corrected chi connectivity index (χ0v) is 12.0. The SMILES string of the molecule is CSc1ccc(/C=N/NC(=O)C(=O)NC(C)C)cc1. The van der Waals surface area contributed by atoms with Crippen LogP contribution in [0.4, 0.5) is 0 Å². The molecule has 102 valence electrons. The molecule has 0 atom stereocenters. The lowest BCUT2D eigenvalue weighted by molar-refractivity contribution is -0.139. The first-order valence-electron chi connectivity index (χ1n) is 5.81. The Morgan fingerprint density at radius 2 is 1.84 bits per heavy atom. The first-order valence-corrected chi connectivity index (χ1v) is 7.03. The van der Waals surface area contributed by atoms with Crippen molar-refractivity contribution in [1.82, 2.24) is 10.7 Å². The van der Waals surface area contributed by atoms with E-state index in [1.54, 1.807) is 25.6 Å². The van der Waals surface area contributed by atoms with Crippen LogP contribution in [0.25, 0.3) is 0 Å². The fourth-order valence-electron chi connectivity index (χ4n) is 1.23. The molecule has 0 unspecified atom stereocenters. The molecule has 6 heteroatoms. The molecule has 0 aliphatic carbocycles. The summed E-state index contributed by atoms with van der Waals surface area (Å²) in [5.41, 5.74) is 3.03. The summed E-state index contributed by atoms with van der Waals surface area (Å²) >= 11 is 1.65. The third kappa shape index (κ3) is 5.56. The van der Waals surface area contributed by atoms with Crippen molar-refractivity contribution >= 4 is 29.8 Å². The normalized spacial score (nSPS) is 10.7. The van der Waals surface area contributed by atoms with Crippen LogP contribution in [0.2, 0.25) is 0 Å². The fourth-order valence-corrected chi connectivity index (χ4v) is 1.64. The summed E-state index contributed by atoms with van der Waals surface area (Å²) in [5.74, 6) is -1.46.